The second kappa shape index (κ2) is 7.20. The standard InChI is InChI=1S/C16H21NO3/c18-15(19)7-4-10-17-11-8-14(9-12-17)16(20)13-5-2-1-3-6-13/h1-3,5-6,14H,4,7-12H2,(H,18,19). The SMILES string of the molecule is O=C(O)CCCN1CCC(C(=O)c2ccccc2)CC1. The summed E-state index contributed by atoms with van der Waals surface area (Å²) in [7, 11) is 0. The van der Waals surface area contributed by atoms with Crippen molar-refractivity contribution in [3.8, 4) is 0 Å². The van der Waals surface area contributed by atoms with Gasteiger partial charge in [-0.05, 0) is 38.9 Å². The second-order valence-corrected chi connectivity index (χ2v) is 5.34. The number of carbonyl (C=O) groups excluding carboxylic acids is 1. The Morgan fingerprint density at radius 1 is 1.15 bits per heavy atom. The molecule has 20 heavy (non-hydrogen) atoms. The number of carboxylic acids is 1. The molecule has 1 aromatic carbocycles. The Bertz CT molecular complexity index is 450. The van der Waals surface area contributed by atoms with Crippen molar-refractivity contribution in [1.82, 2.24) is 4.90 Å². The van der Waals surface area contributed by atoms with E-state index in [2.05, 4.69) is 4.90 Å². The van der Waals surface area contributed by atoms with Gasteiger partial charge in [-0.1, -0.05) is 30.3 Å². The van der Waals surface area contributed by atoms with Gasteiger partial charge in [0.05, 0.1) is 0 Å². The Morgan fingerprint density at radius 2 is 1.80 bits per heavy atom. The molecule has 4 heteroatoms. The van der Waals surface area contributed by atoms with Crippen LogP contribution in [0.4, 0.5) is 0 Å². The van der Waals surface area contributed by atoms with Crippen LogP contribution in [0.2, 0.25) is 0 Å². The van der Waals surface area contributed by atoms with Crippen molar-refractivity contribution in [2.24, 2.45) is 5.92 Å². The van der Waals surface area contributed by atoms with E-state index in [-0.39, 0.29) is 18.1 Å². The number of likely N-dealkylation sites (tertiary alicyclic amines) is 1. The van der Waals surface area contributed by atoms with Crippen LogP contribution in [0.15, 0.2) is 30.3 Å². The number of carboxylic acid groups (broad SMARTS) is 1. The van der Waals surface area contributed by atoms with Crippen LogP contribution in [0.5, 0.6) is 0 Å². The summed E-state index contributed by atoms with van der Waals surface area (Å²) in [6.07, 6.45) is 2.66. The molecule has 1 aliphatic rings. The minimum absolute atomic E-state index is 0.119. The van der Waals surface area contributed by atoms with Gasteiger partial charge < -0.3 is 10.0 Å². The maximum absolute atomic E-state index is 12.3. The quantitative estimate of drug-likeness (QED) is 0.810. The summed E-state index contributed by atoms with van der Waals surface area (Å²) in [5.74, 6) is -0.372. The van der Waals surface area contributed by atoms with Crippen molar-refractivity contribution in [2.75, 3.05) is 19.6 Å². The Hall–Kier alpha value is -1.68. The van der Waals surface area contributed by atoms with Crippen molar-refractivity contribution in [3.05, 3.63) is 35.9 Å². The third kappa shape index (κ3) is 4.17. The van der Waals surface area contributed by atoms with Gasteiger partial charge in [-0.25, -0.2) is 0 Å². The monoisotopic (exact) mass is 275 g/mol. The fraction of sp³-hybridized carbons (Fsp3) is 0.500. The summed E-state index contributed by atoms with van der Waals surface area (Å²) < 4.78 is 0. The zero-order valence-electron chi connectivity index (χ0n) is 11.6. The van der Waals surface area contributed by atoms with E-state index >= 15 is 0 Å². The smallest absolute Gasteiger partial charge is 0.303 e. The Balaban J connectivity index is 1.77. The largest absolute Gasteiger partial charge is 0.481 e. The van der Waals surface area contributed by atoms with Gasteiger partial charge in [-0.2, -0.15) is 0 Å². The molecule has 2 rings (SSSR count). The van der Waals surface area contributed by atoms with Gasteiger partial charge in [0.15, 0.2) is 5.78 Å². The van der Waals surface area contributed by atoms with E-state index in [0.29, 0.717) is 6.42 Å². The lowest BCUT2D eigenvalue weighted by molar-refractivity contribution is -0.137. The molecule has 0 aromatic heterocycles. The molecule has 0 aliphatic carbocycles. The highest BCUT2D eigenvalue weighted by molar-refractivity contribution is 5.97. The van der Waals surface area contributed by atoms with Gasteiger partial charge in [0, 0.05) is 17.9 Å². The molecule has 1 N–H and O–H groups in total. The van der Waals surface area contributed by atoms with Crippen LogP contribution in [0.25, 0.3) is 0 Å². The summed E-state index contributed by atoms with van der Waals surface area (Å²) in [5.41, 5.74) is 0.803. The van der Waals surface area contributed by atoms with Crippen molar-refractivity contribution >= 4 is 11.8 Å². The number of piperidine rings is 1. The molecule has 108 valence electrons. The third-order valence-electron chi connectivity index (χ3n) is 3.88. The molecule has 0 unspecified atom stereocenters. The number of carbonyl (C=O) groups is 2. The minimum Gasteiger partial charge on any atom is -0.481 e. The summed E-state index contributed by atoms with van der Waals surface area (Å²) in [6, 6.07) is 9.47. The molecule has 1 aliphatic heterocycles. The van der Waals surface area contributed by atoms with Gasteiger partial charge in [-0.3, -0.25) is 9.59 Å². The number of nitrogens with zero attached hydrogens (tertiary/aromatic N) is 1. The van der Waals surface area contributed by atoms with E-state index in [1.54, 1.807) is 0 Å². The second-order valence-electron chi connectivity index (χ2n) is 5.34. The van der Waals surface area contributed by atoms with Crippen molar-refractivity contribution in [3.63, 3.8) is 0 Å². The molecule has 0 atom stereocenters. The van der Waals surface area contributed by atoms with E-state index < -0.39 is 5.97 Å². The topological polar surface area (TPSA) is 57.6 Å². The average Bonchev–Trinajstić information content (AvgIpc) is 2.48. The summed E-state index contributed by atoms with van der Waals surface area (Å²) in [4.78, 5) is 25.1. The van der Waals surface area contributed by atoms with E-state index in [4.69, 9.17) is 5.11 Å². The number of benzene rings is 1. The van der Waals surface area contributed by atoms with Gasteiger partial charge in [0.2, 0.25) is 0 Å². The molecule has 0 amide bonds. The van der Waals surface area contributed by atoms with Crippen LogP contribution in [0.1, 0.15) is 36.0 Å². The summed E-state index contributed by atoms with van der Waals surface area (Å²) in [6.45, 7) is 2.60. The molecule has 4 nitrogen and oxygen atoms in total. The van der Waals surface area contributed by atoms with E-state index in [1.807, 2.05) is 30.3 Å². The predicted octanol–water partition coefficient (Wildman–Crippen LogP) is 2.45. The molecule has 0 radical (unpaired) electrons. The lowest BCUT2D eigenvalue weighted by Gasteiger charge is -2.31. The van der Waals surface area contributed by atoms with E-state index in [1.165, 1.54) is 0 Å². The highest BCUT2D eigenvalue weighted by Gasteiger charge is 2.25. The van der Waals surface area contributed by atoms with Gasteiger partial charge >= 0.3 is 5.97 Å². The first-order valence-corrected chi connectivity index (χ1v) is 7.20. The van der Waals surface area contributed by atoms with Gasteiger partial charge in [0.1, 0.15) is 0 Å². The number of Topliss-reactive ketones (excluding diaryl/α,β-unsaturated/α-hetero) is 1. The number of aliphatic carboxylic acids is 1. The van der Waals surface area contributed by atoms with Crippen molar-refractivity contribution in [1.29, 1.82) is 0 Å². The van der Waals surface area contributed by atoms with Crippen LogP contribution < -0.4 is 0 Å². The predicted molar refractivity (Wildman–Crippen MR) is 76.8 cm³/mol. The zero-order chi connectivity index (χ0) is 14.4. The van der Waals surface area contributed by atoms with E-state index in [9.17, 15) is 9.59 Å². The first-order chi connectivity index (χ1) is 9.66. The van der Waals surface area contributed by atoms with Crippen molar-refractivity contribution in [2.45, 2.75) is 25.7 Å². The highest BCUT2D eigenvalue weighted by atomic mass is 16.4. The third-order valence-corrected chi connectivity index (χ3v) is 3.88. The fourth-order valence-corrected chi connectivity index (χ4v) is 2.71. The number of hydrogen-bond donors (Lipinski definition) is 1. The average molecular weight is 275 g/mol. The van der Waals surface area contributed by atoms with Crippen LogP contribution in [-0.4, -0.2) is 41.4 Å². The maximum Gasteiger partial charge on any atom is 0.303 e. The molecular weight excluding hydrogens is 254 g/mol. The molecule has 1 heterocycles. The Morgan fingerprint density at radius 3 is 2.40 bits per heavy atom. The number of rotatable bonds is 6. The lowest BCUT2D eigenvalue weighted by Crippen LogP contribution is -2.37. The van der Waals surface area contributed by atoms with Crippen LogP contribution in [-0.2, 0) is 4.79 Å². The Kier molecular flexibility index (Phi) is 5.30. The van der Waals surface area contributed by atoms with Gasteiger partial charge in [-0.15, -0.1) is 0 Å². The summed E-state index contributed by atoms with van der Waals surface area (Å²) >= 11 is 0. The highest BCUT2D eigenvalue weighted by Crippen LogP contribution is 2.21. The molecule has 0 saturated carbocycles. The molecule has 0 bridgehead atoms. The Labute approximate surface area is 119 Å². The maximum atomic E-state index is 12.3. The first kappa shape index (κ1) is 14.7. The first-order valence-electron chi connectivity index (χ1n) is 7.20. The van der Waals surface area contributed by atoms with Gasteiger partial charge in [0.25, 0.3) is 0 Å². The molecule has 1 fully saturated rings. The lowest BCUT2D eigenvalue weighted by atomic mass is 9.89. The zero-order valence-corrected chi connectivity index (χ0v) is 11.6. The van der Waals surface area contributed by atoms with Crippen LogP contribution in [0.3, 0.4) is 0 Å². The molecular formula is C16H21NO3. The van der Waals surface area contributed by atoms with Crippen molar-refractivity contribution < 1.29 is 14.7 Å². The van der Waals surface area contributed by atoms with Crippen LogP contribution >= 0.6 is 0 Å². The fourth-order valence-electron chi connectivity index (χ4n) is 2.71. The number of hydrogen-bond acceptors (Lipinski definition) is 3. The van der Waals surface area contributed by atoms with E-state index in [0.717, 1.165) is 38.0 Å². The molecule has 1 saturated heterocycles. The molecule has 1 aromatic rings. The summed E-state index contributed by atoms with van der Waals surface area (Å²) in [5, 5.41) is 8.62. The van der Waals surface area contributed by atoms with Crippen LogP contribution in [0, 0.1) is 5.92 Å². The number of ketones is 1. The molecule has 0 spiro atoms. The normalized spacial score (nSPS) is 17.0. The minimum atomic E-state index is -0.737.